The van der Waals surface area contributed by atoms with Crippen molar-refractivity contribution in [1.29, 1.82) is 0 Å². The highest BCUT2D eigenvalue weighted by Gasteiger charge is 2.20. The Kier molecular flexibility index (Phi) is 5.05. The van der Waals surface area contributed by atoms with Gasteiger partial charge in [-0.25, -0.2) is 9.97 Å². The van der Waals surface area contributed by atoms with Crippen molar-refractivity contribution in [2.75, 3.05) is 42.5 Å². The lowest BCUT2D eigenvalue weighted by Gasteiger charge is -2.34. The molecule has 0 radical (unpaired) electrons. The van der Waals surface area contributed by atoms with Gasteiger partial charge in [-0.15, -0.1) is 22.7 Å². The number of hydrogen-bond acceptors (Lipinski definition) is 7. The number of aromatic nitrogens is 2. The van der Waals surface area contributed by atoms with Crippen LogP contribution in [0.15, 0.2) is 17.8 Å². The molecule has 0 atom stereocenters. The molecule has 1 aliphatic rings. The van der Waals surface area contributed by atoms with Crippen LogP contribution >= 0.6 is 22.7 Å². The molecule has 2 aromatic heterocycles. The number of rotatable bonds is 6. The largest absolute Gasteiger partial charge is 0.345 e. The van der Waals surface area contributed by atoms with Crippen molar-refractivity contribution in [2.24, 2.45) is 0 Å². The maximum atomic E-state index is 4.58. The van der Waals surface area contributed by atoms with E-state index in [-0.39, 0.29) is 0 Å². The average Bonchev–Trinajstić information content (AvgIpc) is 3.20. The lowest BCUT2D eigenvalue weighted by molar-refractivity contribution is 0.650. The molecular weight excluding hydrogens is 302 g/mol. The van der Waals surface area contributed by atoms with E-state index in [1.807, 2.05) is 29.1 Å². The number of anilines is 2. The van der Waals surface area contributed by atoms with E-state index < -0.39 is 0 Å². The van der Waals surface area contributed by atoms with Crippen LogP contribution in [0.1, 0.15) is 18.2 Å². The fourth-order valence-electron chi connectivity index (χ4n) is 2.37. The minimum absolute atomic E-state index is 0.935. The van der Waals surface area contributed by atoms with Crippen LogP contribution in [0.4, 0.5) is 10.3 Å². The van der Waals surface area contributed by atoms with Gasteiger partial charge in [0.2, 0.25) is 0 Å². The second-order valence-corrected chi connectivity index (χ2v) is 7.04. The number of thiazole rings is 2. The zero-order valence-corrected chi connectivity index (χ0v) is 13.9. The first kappa shape index (κ1) is 14.7. The molecule has 0 saturated carbocycles. The highest BCUT2D eigenvalue weighted by Crippen LogP contribution is 2.25. The lowest BCUT2D eigenvalue weighted by Crippen LogP contribution is -2.46. The summed E-state index contributed by atoms with van der Waals surface area (Å²) in [4.78, 5) is 15.0. The SMILES string of the molecule is CCCNCc1cnc(N2CCN(c3nccs3)CC2)s1. The zero-order chi connectivity index (χ0) is 14.5. The number of piperazine rings is 1. The second-order valence-electron chi connectivity index (χ2n) is 5.07. The standard InChI is InChI=1S/C14H21N5S2/c1-2-3-15-10-12-11-17-14(21-12)19-7-5-18(6-8-19)13-16-4-9-20-13/h4,9,11,15H,2-3,5-8,10H2,1H3. The summed E-state index contributed by atoms with van der Waals surface area (Å²) in [6.45, 7) is 8.29. The summed E-state index contributed by atoms with van der Waals surface area (Å²) < 4.78 is 0. The zero-order valence-electron chi connectivity index (χ0n) is 12.3. The monoisotopic (exact) mass is 323 g/mol. The van der Waals surface area contributed by atoms with Crippen molar-refractivity contribution < 1.29 is 0 Å². The average molecular weight is 323 g/mol. The van der Waals surface area contributed by atoms with Crippen LogP contribution in [0.2, 0.25) is 0 Å². The Labute approximate surface area is 133 Å². The van der Waals surface area contributed by atoms with Gasteiger partial charge in [0.25, 0.3) is 0 Å². The van der Waals surface area contributed by atoms with Crippen LogP contribution in [-0.2, 0) is 6.54 Å². The van der Waals surface area contributed by atoms with E-state index in [1.165, 1.54) is 11.3 Å². The third-order valence-corrected chi connectivity index (χ3v) is 5.40. The van der Waals surface area contributed by atoms with Crippen LogP contribution in [0.25, 0.3) is 0 Å². The number of hydrogen-bond donors (Lipinski definition) is 1. The lowest BCUT2D eigenvalue weighted by atomic mass is 10.3. The van der Waals surface area contributed by atoms with Gasteiger partial charge in [0.1, 0.15) is 0 Å². The van der Waals surface area contributed by atoms with E-state index in [9.17, 15) is 0 Å². The van der Waals surface area contributed by atoms with Crippen LogP contribution in [-0.4, -0.2) is 42.7 Å². The van der Waals surface area contributed by atoms with Crippen LogP contribution < -0.4 is 15.1 Å². The molecule has 3 heterocycles. The molecule has 1 aliphatic heterocycles. The molecule has 0 unspecified atom stereocenters. The summed E-state index contributed by atoms with van der Waals surface area (Å²) in [5.74, 6) is 0. The Morgan fingerprint density at radius 3 is 2.57 bits per heavy atom. The first-order chi connectivity index (χ1) is 10.4. The quantitative estimate of drug-likeness (QED) is 0.827. The molecule has 0 amide bonds. The fraction of sp³-hybridized carbons (Fsp3) is 0.571. The Morgan fingerprint density at radius 2 is 1.90 bits per heavy atom. The van der Waals surface area contributed by atoms with E-state index in [4.69, 9.17) is 0 Å². The van der Waals surface area contributed by atoms with Gasteiger partial charge in [0, 0.05) is 55.4 Å². The predicted octanol–water partition coefficient (Wildman–Crippen LogP) is 2.43. The van der Waals surface area contributed by atoms with Crippen LogP contribution in [0.5, 0.6) is 0 Å². The molecule has 5 nitrogen and oxygen atoms in total. The van der Waals surface area contributed by atoms with E-state index in [0.717, 1.165) is 49.5 Å². The molecule has 7 heteroatoms. The molecule has 0 aliphatic carbocycles. The maximum absolute atomic E-state index is 4.58. The Bertz CT molecular complexity index is 531. The van der Waals surface area contributed by atoms with Gasteiger partial charge in [-0.2, -0.15) is 0 Å². The van der Waals surface area contributed by atoms with Crippen molar-refractivity contribution in [1.82, 2.24) is 15.3 Å². The number of nitrogens with one attached hydrogen (secondary N) is 1. The van der Waals surface area contributed by atoms with Crippen LogP contribution in [0, 0.1) is 0 Å². The van der Waals surface area contributed by atoms with E-state index in [1.54, 1.807) is 11.3 Å². The topological polar surface area (TPSA) is 44.3 Å². The molecule has 3 rings (SSSR count). The molecule has 0 aromatic carbocycles. The third kappa shape index (κ3) is 3.72. The van der Waals surface area contributed by atoms with Crippen molar-refractivity contribution in [3.05, 3.63) is 22.7 Å². The highest BCUT2D eigenvalue weighted by atomic mass is 32.1. The summed E-state index contributed by atoms with van der Waals surface area (Å²) in [6.07, 6.45) is 5.06. The summed E-state index contributed by atoms with van der Waals surface area (Å²) in [5, 5.41) is 7.76. The summed E-state index contributed by atoms with van der Waals surface area (Å²) in [5.41, 5.74) is 0. The van der Waals surface area contributed by atoms with E-state index in [2.05, 4.69) is 32.0 Å². The first-order valence-electron chi connectivity index (χ1n) is 7.41. The molecule has 0 spiro atoms. The molecular formula is C14H21N5S2. The van der Waals surface area contributed by atoms with E-state index >= 15 is 0 Å². The fourth-order valence-corrected chi connectivity index (χ4v) is 4.00. The predicted molar refractivity (Wildman–Crippen MR) is 90.7 cm³/mol. The van der Waals surface area contributed by atoms with Crippen LogP contribution in [0.3, 0.4) is 0 Å². The summed E-state index contributed by atoms with van der Waals surface area (Å²) in [7, 11) is 0. The molecule has 2 aromatic rings. The molecule has 21 heavy (non-hydrogen) atoms. The maximum Gasteiger partial charge on any atom is 0.185 e. The smallest absolute Gasteiger partial charge is 0.185 e. The van der Waals surface area contributed by atoms with Gasteiger partial charge in [0.05, 0.1) is 0 Å². The van der Waals surface area contributed by atoms with E-state index in [0.29, 0.717) is 0 Å². The number of nitrogens with zero attached hydrogens (tertiary/aromatic N) is 4. The van der Waals surface area contributed by atoms with Gasteiger partial charge in [-0.3, -0.25) is 0 Å². The molecule has 1 N–H and O–H groups in total. The first-order valence-corrected chi connectivity index (χ1v) is 9.11. The molecule has 114 valence electrons. The molecule has 0 bridgehead atoms. The van der Waals surface area contributed by atoms with Crippen molar-refractivity contribution in [3.8, 4) is 0 Å². The Hall–Kier alpha value is -1.18. The van der Waals surface area contributed by atoms with Gasteiger partial charge in [-0.05, 0) is 13.0 Å². The van der Waals surface area contributed by atoms with Crippen molar-refractivity contribution in [3.63, 3.8) is 0 Å². The van der Waals surface area contributed by atoms with Gasteiger partial charge in [0.15, 0.2) is 10.3 Å². The minimum atomic E-state index is 0.935. The molecule has 1 fully saturated rings. The van der Waals surface area contributed by atoms with Crippen molar-refractivity contribution >= 4 is 32.9 Å². The minimum Gasteiger partial charge on any atom is -0.345 e. The molecule has 1 saturated heterocycles. The van der Waals surface area contributed by atoms with Gasteiger partial charge >= 0.3 is 0 Å². The van der Waals surface area contributed by atoms with Gasteiger partial charge < -0.3 is 15.1 Å². The Balaban J connectivity index is 1.52. The third-order valence-electron chi connectivity index (χ3n) is 3.51. The Morgan fingerprint density at radius 1 is 1.14 bits per heavy atom. The summed E-state index contributed by atoms with van der Waals surface area (Å²) >= 11 is 3.53. The summed E-state index contributed by atoms with van der Waals surface area (Å²) in [6, 6.07) is 0. The highest BCUT2D eigenvalue weighted by molar-refractivity contribution is 7.15. The second kappa shape index (κ2) is 7.20. The van der Waals surface area contributed by atoms with Crippen molar-refractivity contribution in [2.45, 2.75) is 19.9 Å². The normalized spacial score (nSPS) is 15.7. The van der Waals surface area contributed by atoms with Gasteiger partial charge in [-0.1, -0.05) is 6.92 Å².